The maximum absolute atomic E-state index is 12.2. The Morgan fingerprint density at radius 1 is 1.12 bits per heavy atom. The summed E-state index contributed by atoms with van der Waals surface area (Å²) in [7, 11) is -3.02. The molecular weight excluding hydrogens is 326 g/mol. The Bertz CT molecular complexity index is 839. The summed E-state index contributed by atoms with van der Waals surface area (Å²) in [6, 6.07) is 13.7. The van der Waals surface area contributed by atoms with Crippen LogP contribution in [0.4, 0.5) is 0 Å². The Hall–Kier alpha value is -2.08. The van der Waals surface area contributed by atoms with E-state index in [1.54, 1.807) is 4.90 Å². The molecular formula is C18H21NO4S. The molecule has 0 spiro atoms. The van der Waals surface area contributed by atoms with Crippen molar-refractivity contribution in [1.29, 1.82) is 0 Å². The molecule has 0 radical (unpaired) electrons. The van der Waals surface area contributed by atoms with E-state index in [0.717, 1.165) is 10.8 Å². The summed E-state index contributed by atoms with van der Waals surface area (Å²) in [5, 5.41) is 1.86. The molecule has 0 unspecified atom stereocenters. The van der Waals surface area contributed by atoms with Crippen molar-refractivity contribution in [2.75, 3.05) is 26.0 Å². The third-order valence-corrected chi connectivity index (χ3v) is 6.17. The van der Waals surface area contributed by atoms with Crippen LogP contribution in [0.1, 0.15) is 12.8 Å². The number of carbonyl (C=O) groups is 1. The number of sulfone groups is 1. The van der Waals surface area contributed by atoms with E-state index < -0.39 is 9.84 Å². The molecule has 0 atom stereocenters. The van der Waals surface area contributed by atoms with Gasteiger partial charge in [-0.25, -0.2) is 8.42 Å². The van der Waals surface area contributed by atoms with Gasteiger partial charge in [0, 0.05) is 19.3 Å². The minimum Gasteiger partial charge on any atom is -0.484 e. The molecule has 1 aliphatic rings. The fourth-order valence-electron chi connectivity index (χ4n) is 3.03. The molecule has 0 aliphatic carbocycles. The highest BCUT2D eigenvalue weighted by molar-refractivity contribution is 7.91. The molecule has 1 aliphatic heterocycles. The fraction of sp³-hybridized carbons (Fsp3) is 0.389. The Labute approximate surface area is 142 Å². The second-order valence-electron chi connectivity index (χ2n) is 6.21. The van der Waals surface area contributed by atoms with E-state index in [4.69, 9.17) is 4.74 Å². The van der Waals surface area contributed by atoms with Crippen molar-refractivity contribution in [2.45, 2.75) is 18.1 Å². The minimum absolute atomic E-state index is 0.0259. The molecule has 0 aromatic heterocycles. The SMILES string of the molecule is CS(=O)(=O)C1CCN(C(=O)COc2ccc3ccccc3c2)CC1. The number of hydrogen-bond donors (Lipinski definition) is 0. The molecule has 0 saturated carbocycles. The van der Waals surface area contributed by atoms with E-state index >= 15 is 0 Å². The van der Waals surface area contributed by atoms with Crippen LogP contribution in [0.5, 0.6) is 5.75 Å². The second kappa shape index (κ2) is 6.81. The number of rotatable bonds is 4. The highest BCUT2D eigenvalue weighted by Gasteiger charge is 2.28. The largest absolute Gasteiger partial charge is 0.484 e. The number of ether oxygens (including phenoxy) is 1. The molecule has 5 nitrogen and oxygen atoms in total. The molecule has 0 bridgehead atoms. The summed E-state index contributed by atoms with van der Waals surface area (Å²) in [6.07, 6.45) is 2.26. The number of amides is 1. The van der Waals surface area contributed by atoms with Gasteiger partial charge in [0.1, 0.15) is 15.6 Å². The molecule has 1 amide bonds. The smallest absolute Gasteiger partial charge is 0.260 e. The van der Waals surface area contributed by atoms with Gasteiger partial charge in [-0.1, -0.05) is 30.3 Å². The minimum atomic E-state index is -3.02. The van der Waals surface area contributed by atoms with Gasteiger partial charge in [0.15, 0.2) is 6.61 Å². The van der Waals surface area contributed by atoms with E-state index in [1.807, 2.05) is 42.5 Å². The van der Waals surface area contributed by atoms with Gasteiger partial charge in [0.05, 0.1) is 5.25 Å². The number of carbonyl (C=O) groups excluding carboxylic acids is 1. The number of fused-ring (bicyclic) bond motifs is 1. The van der Waals surface area contributed by atoms with Crippen LogP contribution in [0.25, 0.3) is 10.8 Å². The number of piperidine rings is 1. The van der Waals surface area contributed by atoms with Gasteiger partial charge >= 0.3 is 0 Å². The molecule has 128 valence electrons. The summed E-state index contributed by atoms with van der Waals surface area (Å²) in [5.41, 5.74) is 0. The van der Waals surface area contributed by atoms with Crippen molar-refractivity contribution in [1.82, 2.24) is 4.90 Å². The lowest BCUT2D eigenvalue weighted by Crippen LogP contribution is -2.44. The van der Waals surface area contributed by atoms with Crippen LogP contribution < -0.4 is 4.74 Å². The van der Waals surface area contributed by atoms with E-state index in [9.17, 15) is 13.2 Å². The topological polar surface area (TPSA) is 63.7 Å². The van der Waals surface area contributed by atoms with Gasteiger partial charge < -0.3 is 9.64 Å². The molecule has 2 aromatic rings. The van der Waals surface area contributed by atoms with Crippen molar-refractivity contribution in [3.05, 3.63) is 42.5 Å². The summed E-state index contributed by atoms with van der Waals surface area (Å²) in [6.45, 7) is 0.914. The van der Waals surface area contributed by atoms with Gasteiger partial charge in [-0.2, -0.15) is 0 Å². The van der Waals surface area contributed by atoms with Crippen molar-refractivity contribution >= 4 is 26.5 Å². The first kappa shape index (κ1) is 16.8. The van der Waals surface area contributed by atoms with E-state index in [1.165, 1.54) is 6.26 Å². The van der Waals surface area contributed by atoms with E-state index in [0.29, 0.717) is 31.7 Å². The van der Waals surface area contributed by atoms with Gasteiger partial charge in [-0.05, 0) is 35.7 Å². The number of nitrogens with zero attached hydrogens (tertiary/aromatic N) is 1. The first-order valence-corrected chi connectivity index (χ1v) is 9.97. The van der Waals surface area contributed by atoms with Crippen LogP contribution in [0, 0.1) is 0 Å². The highest BCUT2D eigenvalue weighted by Crippen LogP contribution is 2.21. The van der Waals surface area contributed by atoms with Crippen molar-refractivity contribution in [2.24, 2.45) is 0 Å². The first-order chi connectivity index (χ1) is 11.4. The third kappa shape index (κ3) is 3.87. The zero-order valence-electron chi connectivity index (χ0n) is 13.6. The Morgan fingerprint density at radius 3 is 2.46 bits per heavy atom. The molecule has 1 fully saturated rings. The van der Waals surface area contributed by atoms with Crippen LogP contribution in [-0.2, 0) is 14.6 Å². The molecule has 0 N–H and O–H groups in total. The molecule has 24 heavy (non-hydrogen) atoms. The van der Waals surface area contributed by atoms with Crippen molar-refractivity contribution < 1.29 is 17.9 Å². The molecule has 1 saturated heterocycles. The van der Waals surface area contributed by atoms with Gasteiger partial charge in [0.2, 0.25) is 0 Å². The average Bonchev–Trinajstić information content (AvgIpc) is 2.59. The lowest BCUT2D eigenvalue weighted by molar-refractivity contribution is -0.134. The Balaban J connectivity index is 1.55. The predicted molar refractivity (Wildman–Crippen MR) is 93.9 cm³/mol. The fourth-order valence-corrected chi connectivity index (χ4v) is 4.09. The van der Waals surface area contributed by atoms with Crippen molar-refractivity contribution in [3.8, 4) is 5.75 Å². The summed E-state index contributed by atoms with van der Waals surface area (Å²) < 4.78 is 28.7. The number of likely N-dealkylation sites (tertiary alicyclic amines) is 1. The maximum atomic E-state index is 12.2. The quantitative estimate of drug-likeness (QED) is 0.851. The van der Waals surface area contributed by atoms with Crippen LogP contribution in [0.3, 0.4) is 0 Å². The first-order valence-electron chi connectivity index (χ1n) is 8.02. The maximum Gasteiger partial charge on any atom is 0.260 e. The molecule has 1 heterocycles. The zero-order valence-corrected chi connectivity index (χ0v) is 14.5. The van der Waals surface area contributed by atoms with Crippen LogP contribution in [0.2, 0.25) is 0 Å². The summed E-state index contributed by atoms with van der Waals surface area (Å²) >= 11 is 0. The van der Waals surface area contributed by atoms with Crippen LogP contribution >= 0.6 is 0 Å². The average molecular weight is 347 g/mol. The lowest BCUT2D eigenvalue weighted by Gasteiger charge is -2.31. The molecule has 2 aromatic carbocycles. The van der Waals surface area contributed by atoms with Gasteiger partial charge in [-0.15, -0.1) is 0 Å². The van der Waals surface area contributed by atoms with Crippen LogP contribution in [-0.4, -0.2) is 50.4 Å². The van der Waals surface area contributed by atoms with E-state index in [-0.39, 0.29) is 17.8 Å². The third-order valence-electron chi connectivity index (χ3n) is 4.48. The zero-order chi connectivity index (χ0) is 17.2. The van der Waals surface area contributed by atoms with Gasteiger partial charge in [-0.3, -0.25) is 4.79 Å². The van der Waals surface area contributed by atoms with Gasteiger partial charge in [0.25, 0.3) is 5.91 Å². The lowest BCUT2D eigenvalue weighted by atomic mass is 10.1. The normalized spacial score (nSPS) is 16.3. The number of benzene rings is 2. The molecule has 6 heteroatoms. The van der Waals surface area contributed by atoms with E-state index in [2.05, 4.69) is 0 Å². The monoisotopic (exact) mass is 347 g/mol. The number of hydrogen-bond acceptors (Lipinski definition) is 4. The summed E-state index contributed by atoms with van der Waals surface area (Å²) in [5.74, 6) is 0.559. The summed E-state index contributed by atoms with van der Waals surface area (Å²) in [4.78, 5) is 13.9. The Morgan fingerprint density at radius 2 is 1.79 bits per heavy atom. The van der Waals surface area contributed by atoms with Crippen molar-refractivity contribution in [3.63, 3.8) is 0 Å². The predicted octanol–water partition coefficient (Wildman–Crippen LogP) is 2.25. The molecule has 3 rings (SSSR count). The highest BCUT2D eigenvalue weighted by atomic mass is 32.2. The second-order valence-corrected chi connectivity index (χ2v) is 8.53. The Kier molecular flexibility index (Phi) is 4.76. The standard InChI is InChI=1S/C18H21NO4S/c1-24(21,22)17-8-10-19(11-9-17)18(20)13-23-16-7-6-14-4-2-3-5-15(14)12-16/h2-7,12,17H,8-11,13H2,1H3. The van der Waals surface area contributed by atoms with Crippen LogP contribution in [0.15, 0.2) is 42.5 Å².